The van der Waals surface area contributed by atoms with Gasteiger partial charge >= 0.3 is 0 Å². The zero-order valence-corrected chi connectivity index (χ0v) is 22.0. The highest BCUT2D eigenvalue weighted by atomic mass is 127. The van der Waals surface area contributed by atoms with Crippen molar-refractivity contribution in [3.05, 3.63) is 53.2 Å². The predicted molar refractivity (Wildman–Crippen MR) is 144 cm³/mol. The monoisotopic (exact) mass is 565 g/mol. The average molecular weight is 566 g/mol. The minimum absolute atomic E-state index is 0. The standard InChI is InChI=1S/C25H35N5O2.HI/c1-19-5-6-22(23(13-19)32-18-21-8-12-31-17-21)16-29-25(26-2)28-15-20-7-9-27-24(14-20)30-10-3-4-11-30;/h5-7,9,13-14,21H,3-4,8,10-12,15-18H2,1-2H3,(H2,26,28,29);1H. The lowest BCUT2D eigenvalue weighted by Crippen LogP contribution is -2.36. The van der Waals surface area contributed by atoms with Crippen LogP contribution in [0.25, 0.3) is 0 Å². The Bertz CT molecular complexity index is 911. The number of aryl methyl sites for hydroxylation is 1. The minimum atomic E-state index is 0. The zero-order chi connectivity index (χ0) is 22.2. The molecule has 7 nitrogen and oxygen atoms in total. The molecule has 2 aliphatic rings. The summed E-state index contributed by atoms with van der Waals surface area (Å²) in [6, 6.07) is 10.6. The van der Waals surface area contributed by atoms with E-state index in [2.05, 4.69) is 62.8 Å². The number of hydrogen-bond acceptors (Lipinski definition) is 5. The third-order valence-electron chi connectivity index (χ3n) is 6.09. The first kappa shape index (κ1) is 25.6. The van der Waals surface area contributed by atoms with Crippen LogP contribution in [-0.4, -0.2) is 50.9 Å². The number of benzene rings is 1. The van der Waals surface area contributed by atoms with Gasteiger partial charge in [0.25, 0.3) is 0 Å². The number of pyridine rings is 1. The van der Waals surface area contributed by atoms with Crippen molar-refractivity contribution in [3.8, 4) is 5.75 Å². The van der Waals surface area contributed by atoms with E-state index in [4.69, 9.17) is 9.47 Å². The fourth-order valence-corrected chi connectivity index (χ4v) is 4.14. The molecule has 1 aromatic heterocycles. The molecule has 2 fully saturated rings. The molecule has 1 unspecified atom stereocenters. The molecule has 2 saturated heterocycles. The fraction of sp³-hybridized carbons (Fsp3) is 0.520. The molecule has 33 heavy (non-hydrogen) atoms. The Hall–Kier alpha value is -2.07. The van der Waals surface area contributed by atoms with E-state index in [1.54, 1.807) is 7.05 Å². The van der Waals surface area contributed by atoms with Gasteiger partial charge in [0, 0.05) is 57.5 Å². The molecule has 0 spiro atoms. The molecule has 0 saturated carbocycles. The molecule has 1 atom stereocenters. The number of guanidine groups is 1. The average Bonchev–Trinajstić information content (AvgIpc) is 3.53. The Kier molecular flexibility index (Phi) is 10.1. The highest BCUT2D eigenvalue weighted by Gasteiger charge is 2.17. The first-order valence-corrected chi connectivity index (χ1v) is 11.7. The van der Waals surface area contributed by atoms with Gasteiger partial charge in [-0.05, 0) is 55.5 Å². The number of anilines is 1. The predicted octanol–water partition coefficient (Wildman–Crippen LogP) is 3.89. The van der Waals surface area contributed by atoms with Crippen LogP contribution in [0.5, 0.6) is 5.75 Å². The van der Waals surface area contributed by atoms with Gasteiger partial charge in [0.05, 0.1) is 13.2 Å². The lowest BCUT2D eigenvalue weighted by Gasteiger charge is -2.18. The summed E-state index contributed by atoms with van der Waals surface area (Å²) in [4.78, 5) is 11.3. The molecule has 2 aliphatic heterocycles. The van der Waals surface area contributed by atoms with E-state index >= 15 is 0 Å². The highest BCUT2D eigenvalue weighted by molar-refractivity contribution is 14.0. The largest absolute Gasteiger partial charge is 0.493 e. The van der Waals surface area contributed by atoms with Crippen LogP contribution in [-0.2, 0) is 17.8 Å². The highest BCUT2D eigenvalue weighted by Crippen LogP contribution is 2.23. The van der Waals surface area contributed by atoms with Gasteiger partial charge in [-0.2, -0.15) is 0 Å². The van der Waals surface area contributed by atoms with Gasteiger partial charge < -0.3 is 25.0 Å². The van der Waals surface area contributed by atoms with Crippen LogP contribution in [0.15, 0.2) is 41.5 Å². The summed E-state index contributed by atoms with van der Waals surface area (Å²) in [5.74, 6) is 3.25. The van der Waals surface area contributed by atoms with Crippen molar-refractivity contribution < 1.29 is 9.47 Å². The van der Waals surface area contributed by atoms with Crippen molar-refractivity contribution in [2.75, 3.05) is 44.9 Å². The maximum absolute atomic E-state index is 6.17. The van der Waals surface area contributed by atoms with Crippen molar-refractivity contribution in [2.45, 2.75) is 39.3 Å². The van der Waals surface area contributed by atoms with Crippen molar-refractivity contribution in [3.63, 3.8) is 0 Å². The van der Waals surface area contributed by atoms with E-state index in [0.29, 0.717) is 25.6 Å². The molecule has 0 amide bonds. The lowest BCUT2D eigenvalue weighted by atomic mass is 10.1. The molecule has 0 bridgehead atoms. The van der Waals surface area contributed by atoms with Gasteiger partial charge in [0.1, 0.15) is 11.6 Å². The van der Waals surface area contributed by atoms with E-state index < -0.39 is 0 Å². The number of nitrogens with one attached hydrogen (secondary N) is 2. The van der Waals surface area contributed by atoms with Gasteiger partial charge in [0.15, 0.2) is 5.96 Å². The molecule has 180 valence electrons. The Morgan fingerprint density at radius 2 is 2.00 bits per heavy atom. The third-order valence-corrected chi connectivity index (χ3v) is 6.09. The van der Waals surface area contributed by atoms with Crippen LogP contribution >= 0.6 is 24.0 Å². The molecule has 0 aliphatic carbocycles. The van der Waals surface area contributed by atoms with Gasteiger partial charge in [-0.15, -0.1) is 24.0 Å². The normalized spacial score (nSPS) is 18.2. The maximum Gasteiger partial charge on any atom is 0.191 e. The second-order valence-corrected chi connectivity index (χ2v) is 8.65. The number of ether oxygens (including phenoxy) is 2. The molecule has 8 heteroatoms. The first-order chi connectivity index (χ1) is 15.7. The second-order valence-electron chi connectivity index (χ2n) is 8.65. The number of nitrogens with zero attached hydrogens (tertiary/aromatic N) is 3. The van der Waals surface area contributed by atoms with Crippen LogP contribution in [0.1, 0.15) is 36.0 Å². The van der Waals surface area contributed by atoms with Crippen molar-refractivity contribution in [1.29, 1.82) is 0 Å². The third kappa shape index (κ3) is 7.46. The number of aliphatic imine (C=N–C) groups is 1. The molecule has 2 aromatic rings. The Morgan fingerprint density at radius 3 is 2.76 bits per heavy atom. The van der Waals surface area contributed by atoms with Crippen molar-refractivity contribution in [2.24, 2.45) is 10.9 Å². The number of aromatic nitrogens is 1. The molecule has 1 aromatic carbocycles. The van der Waals surface area contributed by atoms with Gasteiger partial charge in [-0.3, -0.25) is 4.99 Å². The van der Waals surface area contributed by atoms with Crippen LogP contribution in [0, 0.1) is 12.8 Å². The van der Waals surface area contributed by atoms with Gasteiger partial charge in [-0.1, -0.05) is 12.1 Å². The molecular weight excluding hydrogens is 529 g/mol. The van der Waals surface area contributed by atoms with E-state index in [-0.39, 0.29) is 24.0 Å². The molecule has 4 rings (SSSR count). The summed E-state index contributed by atoms with van der Waals surface area (Å²) in [5.41, 5.74) is 3.51. The number of hydrogen-bond donors (Lipinski definition) is 2. The van der Waals surface area contributed by atoms with Gasteiger partial charge in [-0.25, -0.2) is 4.98 Å². The Morgan fingerprint density at radius 1 is 1.18 bits per heavy atom. The molecule has 2 N–H and O–H groups in total. The van der Waals surface area contributed by atoms with E-state index in [1.165, 1.54) is 24.0 Å². The molecular formula is C25H36IN5O2. The summed E-state index contributed by atoms with van der Waals surface area (Å²) in [5, 5.41) is 6.84. The van der Waals surface area contributed by atoms with Crippen LogP contribution in [0.4, 0.5) is 5.82 Å². The van der Waals surface area contributed by atoms with Crippen molar-refractivity contribution >= 4 is 35.8 Å². The second kappa shape index (κ2) is 13.0. The van der Waals surface area contributed by atoms with Crippen molar-refractivity contribution in [1.82, 2.24) is 15.6 Å². The van der Waals surface area contributed by atoms with Gasteiger partial charge in [0.2, 0.25) is 0 Å². The summed E-state index contributed by atoms with van der Waals surface area (Å²) in [6.45, 7) is 7.97. The quantitative estimate of drug-likeness (QED) is 0.288. The van der Waals surface area contributed by atoms with Crippen LogP contribution < -0.4 is 20.3 Å². The first-order valence-electron chi connectivity index (χ1n) is 11.7. The zero-order valence-electron chi connectivity index (χ0n) is 19.7. The molecule has 3 heterocycles. The van der Waals surface area contributed by atoms with E-state index in [9.17, 15) is 0 Å². The smallest absolute Gasteiger partial charge is 0.191 e. The van der Waals surface area contributed by atoms with Crippen LogP contribution in [0.2, 0.25) is 0 Å². The molecule has 0 radical (unpaired) electrons. The van der Waals surface area contributed by atoms with E-state index in [0.717, 1.165) is 55.8 Å². The summed E-state index contributed by atoms with van der Waals surface area (Å²) < 4.78 is 11.6. The summed E-state index contributed by atoms with van der Waals surface area (Å²) in [7, 11) is 1.80. The number of halogens is 1. The van der Waals surface area contributed by atoms with E-state index in [1.807, 2.05) is 6.20 Å². The number of rotatable bonds is 8. The summed E-state index contributed by atoms with van der Waals surface area (Å²) in [6.07, 6.45) is 5.47. The topological polar surface area (TPSA) is 71.0 Å². The summed E-state index contributed by atoms with van der Waals surface area (Å²) >= 11 is 0. The van der Waals surface area contributed by atoms with Crippen LogP contribution in [0.3, 0.4) is 0 Å². The lowest BCUT2D eigenvalue weighted by molar-refractivity contribution is 0.166. The SMILES string of the molecule is CN=C(NCc1ccnc(N2CCCC2)c1)NCc1ccc(C)cc1OCC1CCOC1.I. The Labute approximate surface area is 214 Å². The minimum Gasteiger partial charge on any atom is -0.493 e. The Balaban J connectivity index is 0.00000306. The maximum atomic E-state index is 6.17. The fourth-order valence-electron chi connectivity index (χ4n) is 4.14.